The zero-order valence-corrected chi connectivity index (χ0v) is 23.4. The summed E-state index contributed by atoms with van der Waals surface area (Å²) in [5, 5.41) is 13.6. The maximum absolute atomic E-state index is 13.5. The van der Waals surface area contributed by atoms with Crippen LogP contribution in [0.25, 0.3) is 5.76 Å². The van der Waals surface area contributed by atoms with Gasteiger partial charge in [-0.15, -0.1) is 11.3 Å². The third-order valence-electron chi connectivity index (χ3n) is 7.06. The second-order valence-corrected chi connectivity index (χ2v) is 10.7. The number of amides is 1. The summed E-state index contributed by atoms with van der Waals surface area (Å²) in [7, 11) is 0. The summed E-state index contributed by atoms with van der Waals surface area (Å²) in [4.78, 5) is 32.6. The number of fused-ring (bicyclic) bond motifs is 1. The number of carbonyl (C=O) groups is 2. The van der Waals surface area contributed by atoms with Crippen LogP contribution in [-0.2, 0) is 22.6 Å². The van der Waals surface area contributed by atoms with Crippen LogP contribution in [-0.4, -0.2) is 34.5 Å². The summed E-state index contributed by atoms with van der Waals surface area (Å²) in [5.41, 5.74) is 2.94. The van der Waals surface area contributed by atoms with Crippen molar-refractivity contribution in [3.05, 3.63) is 106 Å². The van der Waals surface area contributed by atoms with Crippen molar-refractivity contribution in [2.75, 3.05) is 11.5 Å². The third kappa shape index (κ3) is 5.04. The molecule has 0 saturated carbocycles. The molecule has 0 bridgehead atoms. The number of aromatic nitrogens is 1. The number of anilines is 1. The fourth-order valence-corrected chi connectivity index (χ4v) is 5.89. The van der Waals surface area contributed by atoms with Crippen molar-refractivity contribution in [3.63, 3.8) is 0 Å². The minimum absolute atomic E-state index is 0.0162. The van der Waals surface area contributed by atoms with Crippen LogP contribution in [0, 0.1) is 0 Å². The SMILES string of the molecule is CCOc1cc([C@@H]2C(=C(O)c3ccc4c(c3)C[C@@H](C)O4)C(=O)C(=O)N2c2nccs2)ccc1OCc1ccccc1. The number of ketones is 1. The molecule has 3 aromatic carbocycles. The van der Waals surface area contributed by atoms with E-state index in [4.69, 9.17) is 14.2 Å². The second-order valence-electron chi connectivity index (χ2n) is 9.85. The summed E-state index contributed by atoms with van der Waals surface area (Å²) < 4.78 is 17.8. The number of hydrogen-bond donors (Lipinski definition) is 1. The van der Waals surface area contributed by atoms with Crippen molar-refractivity contribution in [1.82, 2.24) is 4.98 Å². The number of aliphatic hydroxyl groups excluding tert-OH is 1. The molecule has 0 aliphatic carbocycles. The molecule has 8 nitrogen and oxygen atoms in total. The van der Waals surface area contributed by atoms with Crippen molar-refractivity contribution >= 4 is 33.9 Å². The predicted octanol–water partition coefficient (Wildman–Crippen LogP) is 6.07. The lowest BCUT2D eigenvalue weighted by Crippen LogP contribution is -2.29. The van der Waals surface area contributed by atoms with Crippen LogP contribution in [0.3, 0.4) is 0 Å². The van der Waals surface area contributed by atoms with Gasteiger partial charge in [0.15, 0.2) is 16.6 Å². The van der Waals surface area contributed by atoms with Crippen LogP contribution in [0.15, 0.2) is 83.9 Å². The van der Waals surface area contributed by atoms with E-state index >= 15 is 0 Å². The van der Waals surface area contributed by atoms with Gasteiger partial charge >= 0.3 is 5.91 Å². The first kappa shape index (κ1) is 26.6. The standard InChI is InChI=1S/C32H28N2O6S/c1-3-38-26-17-21(9-12-25(26)39-18-20-7-5-4-6-8-20)28-27(30(36)31(37)34(28)32-33-13-14-41-32)29(35)22-10-11-24-23(16-22)15-19(2)40-24/h4-14,16-17,19,28,35H,3,15,18H2,1-2H3/t19-,28-/m1/s1. The predicted molar refractivity (Wildman–Crippen MR) is 156 cm³/mol. The molecule has 2 aliphatic rings. The highest BCUT2D eigenvalue weighted by Crippen LogP contribution is 2.45. The van der Waals surface area contributed by atoms with Gasteiger partial charge in [0.25, 0.3) is 5.78 Å². The number of ether oxygens (including phenoxy) is 3. The molecule has 2 atom stereocenters. The Kier molecular flexibility index (Phi) is 7.19. The maximum Gasteiger partial charge on any atom is 0.301 e. The highest BCUT2D eigenvalue weighted by Gasteiger charge is 2.48. The van der Waals surface area contributed by atoms with Gasteiger partial charge in [0.1, 0.15) is 24.2 Å². The summed E-state index contributed by atoms with van der Waals surface area (Å²) in [5.74, 6) is -0.0479. The van der Waals surface area contributed by atoms with Gasteiger partial charge in [-0.25, -0.2) is 4.98 Å². The van der Waals surface area contributed by atoms with Crippen molar-refractivity contribution in [1.29, 1.82) is 0 Å². The summed E-state index contributed by atoms with van der Waals surface area (Å²) in [6, 6.07) is 19.5. The quantitative estimate of drug-likeness (QED) is 0.157. The Bertz CT molecular complexity index is 1630. The van der Waals surface area contributed by atoms with Crippen LogP contribution in [0.1, 0.15) is 42.1 Å². The van der Waals surface area contributed by atoms with Gasteiger partial charge in [0.2, 0.25) is 0 Å². The molecule has 1 amide bonds. The number of nitrogens with zero attached hydrogens (tertiary/aromatic N) is 2. The molecule has 2 aliphatic heterocycles. The Morgan fingerprint density at radius 1 is 1.07 bits per heavy atom. The van der Waals surface area contributed by atoms with Crippen molar-refractivity contribution in [2.45, 2.75) is 39.0 Å². The van der Waals surface area contributed by atoms with Gasteiger partial charge < -0.3 is 19.3 Å². The molecule has 0 radical (unpaired) electrons. The molecule has 208 valence electrons. The summed E-state index contributed by atoms with van der Waals surface area (Å²) in [6.45, 7) is 4.57. The molecule has 0 unspecified atom stereocenters. The van der Waals surface area contributed by atoms with E-state index in [1.54, 1.807) is 41.9 Å². The lowest BCUT2D eigenvalue weighted by molar-refractivity contribution is -0.132. The van der Waals surface area contributed by atoms with Gasteiger partial charge in [0.05, 0.1) is 18.2 Å². The molecular formula is C32H28N2O6S. The van der Waals surface area contributed by atoms with E-state index < -0.39 is 17.7 Å². The fourth-order valence-electron chi connectivity index (χ4n) is 5.22. The minimum atomic E-state index is -0.924. The highest BCUT2D eigenvalue weighted by atomic mass is 32.1. The summed E-state index contributed by atoms with van der Waals surface area (Å²) in [6.07, 6.45) is 2.29. The van der Waals surface area contributed by atoms with E-state index in [-0.39, 0.29) is 17.4 Å². The van der Waals surface area contributed by atoms with Crippen LogP contribution in [0.5, 0.6) is 17.2 Å². The Morgan fingerprint density at radius 3 is 2.66 bits per heavy atom. The number of benzene rings is 3. The average Bonchev–Trinajstić information content (AvgIpc) is 3.70. The molecule has 3 heterocycles. The average molecular weight is 569 g/mol. The fraction of sp³-hybridized carbons (Fsp3) is 0.219. The molecule has 9 heteroatoms. The maximum atomic E-state index is 13.5. The number of Topliss-reactive ketones (excluding diaryl/α,β-unsaturated/α-hetero) is 1. The van der Waals surface area contributed by atoms with Gasteiger partial charge in [0, 0.05) is 23.6 Å². The zero-order valence-electron chi connectivity index (χ0n) is 22.6. The molecule has 1 saturated heterocycles. The molecule has 4 aromatic rings. The lowest BCUT2D eigenvalue weighted by Gasteiger charge is -2.24. The van der Waals surface area contributed by atoms with E-state index in [9.17, 15) is 14.7 Å². The van der Waals surface area contributed by atoms with Crippen molar-refractivity contribution in [3.8, 4) is 17.2 Å². The van der Waals surface area contributed by atoms with Gasteiger partial charge in [-0.3, -0.25) is 14.5 Å². The number of aliphatic hydroxyl groups is 1. The van der Waals surface area contributed by atoms with Gasteiger partial charge in [-0.05, 0) is 60.9 Å². The number of carbonyl (C=O) groups excluding carboxylic acids is 2. The van der Waals surface area contributed by atoms with E-state index in [1.165, 1.54) is 16.2 Å². The highest BCUT2D eigenvalue weighted by molar-refractivity contribution is 7.14. The van der Waals surface area contributed by atoms with Crippen LogP contribution in [0.2, 0.25) is 0 Å². The molecule has 1 fully saturated rings. The molecule has 0 spiro atoms. The van der Waals surface area contributed by atoms with Crippen molar-refractivity contribution < 1.29 is 28.9 Å². The molecule has 1 N–H and O–H groups in total. The number of thiazole rings is 1. The normalized spacial score (nSPS) is 19.2. The van der Waals surface area contributed by atoms with Crippen LogP contribution < -0.4 is 19.1 Å². The largest absolute Gasteiger partial charge is 0.507 e. The zero-order chi connectivity index (χ0) is 28.5. The Morgan fingerprint density at radius 2 is 1.90 bits per heavy atom. The van der Waals surface area contributed by atoms with E-state index in [0.717, 1.165) is 16.9 Å². The molecule has 1 aromatic heterocycles. The first-order valence-corrected chi connectivity index (χ1v) is 14.3. The molecular weight excluding hydrogens is 540 g/mol. The molecule has 41 heavy (non-hydrogen) atoms. The second kappa shape index (κ2) is 11.1. The van der Waals surface area contributed by atoms with E-state index in [0.29, 0.717) is 47.4 Å². The Balaban J connectivity index is 1.44. The van der Waals surface area contributed by atoms with Gasteiger partial charge in [-0.1, -0.05) is 36.4 Å². The summed E-state index contributed by atoms with van der Waals surface area (Å²) >= 11 is 1.24. The number of hydrogen-bond acceptors (Lipinski definition) is 8. The third-order valence-corrected chi connectivity index (χ3v) is 7.83. The first-order chi connectivity index (χ1) is 19.9. The first-order valence-electron chi connectivity index (χ1n) is 13.4. The van der Waals surface area contributed by atoms with E-state index in [2.05, 4.69) is 4.98 Å². The van der Waals surface area contributed by atoms with E-state index in [1.807, 2.05) is 50.2 Å². The minimum Gasteiger partial charge on any atom is -0.507 e. The van der Waals surface area contributed by atoms with Crippen LogP contribution in [0.4, 0.5) is 5.13 Å². The van der Waals surface area contributed by atoms with Gasteiger partial charge in [-0.2, -0.15) is 0 Å². The van der Waals surface area contributed by atoms with Crippen LogP contribution >= 0.6 is 11.3 Å². The number of rotatable bonds is 8. The smallest absolute Gasteiger partial charge is 0.301 e. The Labute approximate surface area is 241 Å². The Hall–Kier alpha value is -4.63. The van der Waals surface area contributed by atoms with Crippen molar-refractivity contribution in [2.24, 2.45) is 0 Å². The topological polar surface area (TPSA) is 98.2 Å². The molecule has 6 rings (SSSR count). The lowest BCUT2D eigenvalue weighted by atomic mass is 9.94. The monoisotopic (exact) mass is 568 g/mol.